The van der Waals surface area contributed by atoms with Gasteiger partial charge in [0.25, 0.3) is 18.9 Å². The fraction of sp³-hybridized carbons (Fsp3) is 0.325. The molecule has 6 rings (SSSR count). The van der Waals surface area contributed by atoms with E-state index in [-0.39, 0.29) is 38.2 Å². The highest BCUT2D eigenvalue weighted by Crippen LogP contribution is 2.52. The van der Waals surface area contributed by atoms with Gasteiger partial charge in [0.15, 0.2) is 0 Å². The summed E-state index contributed by atoms with van der Waals surface area (Å²) in [5, 5.41) is 24.5. The number of fused-ring (bicyclic) bond motifs is 9. The fourth-order valence-corrected chi connectivity index (χ4v) is 7.77. The van der Waals surface area contributed by atoms with Crippen molar-refractivity contribution in [1.29, 1.82) is 0 Å². The number of carbonyl (C=O) groups excluding carboxylic acids is 2. The first-order chi connectivity index (χ1) is 24.9. The van der Waals surface area contributed by atoms with Crippen LogP contribution in [0.5, 0.6) is 0 Å². The van der Waals surface area contributed by atoms with Crippen LogP contribution in [0, 0.1) is 24.2 Å². The lowest BCUT2D eigenvalue weighted by atomic mass is 9.64. The number of aliphatic hydroxyl groups excluding tert-OH is 1. The molecule has 0 spiro atoms. The zero-order chi connectivity index (χ0) is 37.3. The van der Waals surface area contributed by atoms with E-state index in [1.54, 1.807) is 6.08 Å². The minimum atomic E-state index is -0.888. The first-order valence-corrected chi connectivity index (χ1v) is 17.0. The van der Waals surface area contributed by atoms with Crippen molar-refractivity contribution >= 4 is 42.5 Å². The zero-order valence-electron chi connectivity index (χ0n) is 29.6. The van der Waals surface area contributed by atoms with Gasteiger partial charge in [-0.2, -0.15) is 0 Å². The highest BCUT2D eigenvalue weighted by Gasteiger charge is 2.50. The van der Waals surface area contributed by atoms with E-state index in [9.17, 15) is 24.6 Å². The van der Waals surface area contributed by atoms with Crippen LogP contribution in [-0.2, 0) is 35.2 Å². The molecule has 12 nitrogen and oxygen atoms in total. The first kappa shape index (κ1) is 35.9. The van der Waals surface area contributed by atoms with E-state index in [4.69, 9.17) is 24.2 Å². The number of aromatic amines is 1. The highest BCUT2D eigenvalue weighted by atomic mass is 16.6. The van der Waals surface area contributed by atoms with Crippen LogP contribution in [-0.4, -0.2) is 64.8 Å². The van der Waals surface area contributed by atoms with Crippen molar-refractivity contribution < 1.29 is 38.8 Å². The summed E-state index contributed by atoms with van der Waals surface area (Å²) in [7, 11) is 0. The normalized spacial score (nSPS) is 26.1. The van der Waals surface area contributed by atoms with Crippen LogP contribution in [0.15, 0.2) is 104 Å². The van der Waals surface area contributed by atoms with Crippen LogP contribution < -0.4 is 16.0 Å². The highest BCUT2D eigenvalue weighted by molar-refractivity contribution is 6.20. The lowest BCUT2D eigenvalue weighted by Crippen LogP contribution is -2.41. The number of rotatable bonds is 13. The number of H-pyrrole nitrogens is 1. The third-order valence-corrected chi connectivity index (χ3v) is 10.8. The molecule has 2 unspecified atom stereocenters. The Morgan fingerprint density at radius 3 is 2.50 bits per heavy atom. The topological polar surface area (TPSA) is 172 Å². The van der Waals surface area contributed by atoms with Crippen molar-refractivity contribution in [2.45, 2.75) is 53.2 Å². The summed E-state index contributed by atoms with van der Waals surface area (Å²) in [6.45, 7) is 16.4. The lowest BCUT2D eigenvalue weighted by Gasteiger charge is -2.39. The molecule has 0 saturated heterocycles. The van der Waals surface area contributed by atoms with E-state index in [1.807, 2.05) is 51.2 Å². The number of aliphatic hydroxyl groups is 1. The molecule has 0 fully saturated rings. The van der Waals surface area contributed by atoms with Gasteiger partial charge in [-0.25, -0.2) is 4.99 Å². The van der Waals surface area contributed by atoms with Crippen molar-refractivity contribution in [3.05, 3.63) is 116 Å². The third-order valence-electron chi connectivity index (χ3n) is 10.8. The Bertz CT molecular complexity index is 2150. The molecule has 0 amide bonds. The summed E-state index contributed by atoms with van der Waals surface area (Å²) in [5.41, 5.74) is 8.72. The van der Waals surface area contributed by atoms with Crippen molar-refractivity contribution in [2.75, 3.05) is 13.2 Å². The summed E-state index contributed by atoms with van der Waals surface area (Å²) >= 11 is 0. The van der Waals surface area contributed by atoms with E-state index >= 15 is 0 Å². The van der Waals surface area contributed by atoms with Crippen LogP contribution in [0.2, 0.25) is 0 Å². The maximum absolute atomic E-state index is 11.7. The molecule has 12 heteroatoms. The number of aromatic nitrogens is 1. The largest absolute Gasteiger partial charge is 0.481 e. The summed E-state index contributed by atoms with van der Waals surface area (Å²) < 4.78 is 16.1. The Morgan fingerprint density at radius 1 is 1.04 bits per heavy atom. The molecule has 1 aromatic heterocycles. The van der Waals surface area contributed by atoms with Gasteiger partial charge >= 0.3 is 5.97 Å². The van der Waals surface area contributed by atoms with Crippen molar-refractivity contribution in [1.82, 2.24) is 10.3 Å². The number of aliphatic carboxylic acids is 1. The first-order valence-electron chi connectivity index (χ1n) is 17.0. The molecule has 270 valence electrons. The van der Waals surface area contributed by atoms with Gasteiger partial charge < -0.3 is 34.7 Å². The number of carbonyl (C=O) groups is 3. The van der Waals surface area contributed by atoms with Gasteiger partial charge in [-0.05, 0) is 85.9 Å². The fourth-order valence-electron chi connectivity index (χ4n) is 7.77. The minimum absolute atomic E-state index is 0.00652. The molecule has 1 aliphatic carbocycles. The molecule has 52 heavy (non-hydrogen) atoms. The van der Waals surface area contributed by atoms with Crippen LogP contribution in [0.25, 0.3) is 12.2 Å². The Kier molecular flexibility index (Phi) is 9.92. The number of ether oxygens (including phenoxy) is 3. The van der Waals surface area contributed by atoms with E-state index < -0.39 is 23.2 Å². The molecule has 5 aliphatic rings. The maximum Gasteiger partial charge on any atom is 0.303 e. The average Bonchev–Trinajstić information content (AvgIpc) is 3.76. The molecule has 4 N–H and O–H groups in total. The molecule has 0 radical (unpaired) electrons. The lowest BCUT2D eigenvalue weighted by molar-refractivity contribution is -0.137. The number of carboxylic acid groups (broad SMARTS) is 1. The molecular weight excluding hydrogens is 664 g/mol. The molecule has 1 aromatic rings. The zero-order valence-corrected chi connectivity index (χ0v) is 29.6. The standard InChI is InChI=1S/C40H42N4O8/c1-7-26-21(2)32-13-37-29-10-8-25(16-50-19-45)30(18-51-20-46)40(29,6)38(44-37)15-33-23(4)28(17-52-24(5)47)36(43-33)14-35-27(9-11-39(48)49)22(3)31(42-35)12-34(26)41-32/h7-8,10,12-15,19-20,22,30-31,42-43,47H,1,5,9,11,16-18H2,2-4,6H3,(H,48,49)/b33-15?,34-12-,36-14-,37-13?/t22?,30-,31?,40+/m1/s1. The number of nitrogens with one attached hydrogen (secondary N) is 2. The number of carboxylic acids is 1. The second-order valence-corrected chi connectivity index (χ2v) is 13.6. The van der Waals surface area contributed by atoms with Crippen LogP contribution in [0.3, 0.4) is 0 Å². The van der Waals surface area contributed by atoms with Gasteiger partial charge in [-0.15, -0.1) is 0 Å². The van der Waals surface area contributed by atoms with Crippen molar-refractivity contribution in [3.63, 3.8) is 0 Å². The second kappa shape index (κ2) is 14.4. The van der Waals surface area contributed by atoms with Gasteiger partial charge in [-0.3, -0.25) is 19.4 Å². The SMILES string of the molecule is C=CC1=C(C)C2=N/C1=C\C1NC(=C(CCC(=O)O)C1C)/C=c1\[nH]c(c(C)c1COC(=C)O)=CC1=NC(=C2)C2=CC=C(COC=O)[C@@H](COC=O)[C@]21C. The molecule has 5 heterocycles. The number of aliphatic imine (C=N–C) groups is 2. The number of nitrogens with zero attached hydrogens (tertiary/aromatic N) is 2. The third kappa shape index (κ3) is 6.40. The van der Waals surface area contributed by atoms with Crippen LogP contribution >= 0.6 is 0 Å². The molecule has 8 bridgehead atoms. The van der Waals surface area contributed by atoms with Gasteiger partial charge in [0.05, 0.1) is 35.5 Å². The second-order valence-electron chi connectivity index (χ2n) is 13.6. The van der Waals surface area contributed by atoms with Crippen LogP contribution in [0.1, 0.15) is 44.7 Å². The maximum atomic E-state index is 11.7. The smallest absolute Gasteiger partial charge is 0.303 e. The molecule has 4 aliphatic heterocycles. The van der Waals surface area contributed by atoms with E-state index in [0.717, 1.165) is 61.4 Å². The summed E-state index contributed by atoms with van der Waals surface area (Å²) in [6, 6.07) is -0.202. The summed E-state index contributed by atoms with van der Waals surface area (Å²) in [5.74, 6) is -1.81. The van der Waals surface area contributed by atoms with E-state index in [1.165, 1.54) is 0 Å². The van der Waals surface area contributed by atoms with Crippen molar-refractivity contribution in [3.8, 4) is 0 Å². The van der Waals surface area contributed by atoms with Crippen molar-refractivity contribution in [2.24, 2.45) is 27.2 Å². The molecular formula is C40H42N4O8. The van der Waals surface area contributed by atoms with E-state index in [2.05, 4.69) is 36.5 Å². The number of hydrogen-bond acceptors (Lipinski definition) is 10. The van der Waals surface area contributed by atoms with Crippen LogP contribution in [0.4, 0.5) is 0 Å². The molecule has 4 atom stereocenters. The monoisotopic (exact) mass is 706 g/mol. The quantitative estimate of drug-likeness (QED) is 0.174. The predicted octanol–water partition coefficient (Wildman–Crippen LogP) is 4.18. The number of allylic oxidation sites excluding steroid dienone is 7. The Labute approximate surface area is 301 Å². The van der Waals surface area contributed by atoms with Gasteiger partial charge in [0.2, 0.25) is 0 Å². The molecule has 0 aromatic carbocycles. The van der Waals surface area contributed by atoms with Gasteiger partial charge in [-0.1, -0.05) is 31.7 Å². The average molecular weight is 707 g/mol. The Hall–Kier alpha value is -5.91. The van der Waals surface area contributed by atoms with Gasteiger partial charge in [0.1, 0.15) is 13.2 Å². The summed E-state index contributed by atoms with van der Waals surface area (Å²) in [4.78, 5) is 48.3. The summed E-state index contributed by atoms with van der Waals surface area (Å²) in [6.07, 6.45) is 13.9. The molecule has 0 saturated carbocycles. The Balaban J connectivity index is 1.66. The van der Waals surface area contributed by atoms with E-state index in [0.29, 0.717) is 36.1 Å². The Morgan fingerprint density at radius 2 is 1.81 bits per heavy atom. The predicted molar refractivity (Wildman–Crippen MR) is 196 cm³/mol. The minimum Gasteiger partial charge on any atom is -0.481 e. The van der Waals surface area contributed by atoms with Gasteiger partial charge in [0, 0.05) is 51.2 Å². The number of hydrogen-bond donors (Lipinski definition) is 4.